The van der Waals surface area contributed by atoms with Crippen LogP contribution in [0.5, 0.6) is 5.75 Å². The molecule has 0 saturated carbocycles. The maximum atomic E-state index is 11.5. The van der Waals surface area contributed by atoms with Crippen molar-refractivity contribution >= 4 is 22.6 Å². The lowest BCUT2D eigenvalue weighted by Crippen LogP contribution is -2.19. The second kappa shape index (κ2) is 3.31. The number of amides is 2. The molecule has 1 aliphatic rings. The van der Waals surface area contributed by atoms with Gasteiger partial charge in [0.25, 0.3) is 11.8 Å². The number of fused-ring (bicyclic) bond motifs is 2. The van der Waals surface area contributed by atoms with Gasteiger partial charge in [-0.1, -0.05) is 6.07 Å². The number of carbonyl (C=O) groups excluding carboxylic acids is 2. The quantitative estimate of drug-likeness (QED) is 0.755. The Bertz CT molecular complexity index is 661. The third kappa shape index (κ3) is 1.38. The monoisotopic (exact) mass is 227 g/mol. The fourth-order valence-corrected chi connectivity index (χ4v) is 2.02. The van der Waals surface area contributed by atoms with E-state index in [-0.39, 0.29) is 11.8 Å². The second-order valence-corrected chi connectivity index (χ2v) is 3.89. The lowest BCUT2D eigenvalue weighted by molar-refractivity contribution is 0.0879. The van der Waals surface area contributed by atoms with Gasteiger partial charge in [0.15, 0.2) is 0 Å². The third-order valence-corrected chi connectivity index (χ3v) is 2.90. The summed E-state index contributed by atoms with van der Waals surface area (Å²) in [6.45, 7) is 0. The zero-order valence-electron chi connectivity index (χ0n) is 9.11. The molecule has 0 aromatic heterocycles. The summed E-state index contributed by atoms with van der Waals surface area (Å²) in [7, 11) is 1.59. The van der Waals surface area contributed by atoms with Crippen LogP contribution in [-0.4, -0.2) is 18.9 Å². The lowest BCUT2D eigenvalue weighted by Gasteiger charge is -2.03. The molecular weight excluding hydrogens is 218 g/mol. The van der Waals surface area contributed by atoms with Crippen LogP contribution in [0.1, 0.15) is 20.7 Å². The van der Waals surface area contributed by atoms with Gasteiger partial charge in [0.1, 0.15) is 5.75 Å². The number of hydrogen-bond acceptors (Lipinski definition) is 3. The number of carbonyl (C=O) groups is 2. The van der Waals surface area contributed by atoms with Gasteiger partial charge in [0.05, 0.1) is 18.2 Å². The molecule has 4 nitrogen and oxygen atoms in total. The second-order valence-electron chi connectivity index (χ2n) is 3.89. The third-order valence-electron chi connectivity index (χ3n) is 2.90. The Morgan fingerprint density at radius 3 is 2.24 bits per heavy atom. The maximum Gasteiger partial charge on any atom is 0.258 e. The number of methoxy groups -OCH3 is 1. The van der Waals surface area contributed by atoms with Crippen LogP contribution >= 0.6 is 0 Å². The molecule has 2 aromatic rings. The zero-order chi connectivity index (χ0) is 12.0. The van der Waals surface area contributed by atoms with E-state index in [4.69, 9.17) is 4.74 Å². The molecule has 2 amide bonds. The standard InChI is InChI=1S/C13H9NO3/c1-17-9-3-2-7-5-10-11(6-8(7)4-9)13(16)14-12(10)15/h2-6H,1H3,(H,14,15,16). The van der Waals surface area contributed by atoms with E-state index in [9.17, 15) is 9.59 Å². The molecule has 1 aliphatic heterocycles. The summed E-state index contributed by atoms with van der Waals surface area (Å²) in [4.78, 5) is 23.0. The van der Waals surface area contributed by atoms with Crippen molar-refractivity contribution in [3.63, 3.8) is 0 Å². The van der Waals surface area contributed by atoms with Crippen molar-refractivity contribution in [2.24, 2.45) is 0 Å². The Kier molecular flexibility index (Phi) is 1.92. The summed E-state index contributed by atoms with van der Waals surface area (Å²) >= 11 is 0. The van der Waals surface area contributed by atoms with Crippen LogP contribution in [0.3, 0.4) is 0 Å². The predicted molar refractivity (Wildman–Crippen MR) is 62.3 cm³/mol. The minimum Gasteiger partial charge on any atom is -0.497 e. The van der Waals surface area contributed by atoms with E-state index in [0.717, 1.165) is 16.5 Å². The first kappa shape index (κ1) is 9.84. The van der Waals surface area contributed by atoms with E-state index in [1.807, 2.05) is 18.2 Å². The van der Waals surface area contributed by atoms with Gasteiger partial charge >= 0.3 is 0 Å². The van der Waals surface area contributed by atoms with Gasteiger partial charge in [-0.05, 0) is 35.0 Å². The Hall–Kier alpha value is -2.36. The van der Waals surface area contributed by atoms with Crippen molar-refractivity contribution < 1.29 is 14.3 Å². The van der Waals surface area contributed by atoms with Crippen molar-refractivity contribution in [3.05, 3.63) is 41.5 Å². The summed E-state index contributed by atoms with van der Waals surface area (Å²) in [6.07, 6.45) is 0. The fourth-order valence-electron chi connectivity index (χ4n) is 2.02. The Balaban J connectivity index is 2.31. The summed E-state index contributed by atoms with van der Waals surface area (Å²) < 4.78 is 5.12. The highest BCUT2D eigenvalue weighted by molar-refractivity contribution is 6.23. The van der Waals surface area contributed by atoms with Gasteiger partial charge < -0.3 is 4.74 Å². The smallest absolute Gasteiger partial charge is 0.258 e. The van der Waals surface area contributed by atoms with Gasteiger partial charge in [-0.15, -0.1) is 0 Å². The molecule has 0 aliphatic carbocycles. The average Bonchev–Trinajstić information content (AvgIpc) is 2.62. The zero-order valence-corrected chi connectivity index (χ0v) is 9.11. The number of hydrogen-bond donors (Lipinski definition) is 1. The Morgan fingerprint density at radius 2 is 1.59 bits per heavy atom. The summed E-state index contributed by atoms with van der Waals surface area (Å²) in [5, 5.41) is 4.07. The molecule has 4 heteroatoms. The number of benzene rings is 2. The van der Waals surface area contributed by atoms with Crippen molar-refractivity contribution in [2.75, 3.05) is 7.11 Å². The fraction of sp³-hybridized carbons (Fsp3) is 0.0769. The molecule has 3 rings (SSSR count). The average molecular weight is 227 g/mol. The molecule has 0 radical (unpaired) electrons. The maximum absolute atomic E-state index is 11.5. The first-order valence-electron chi connectivity index (χ1n) is 5.16. The highest BCUT2D eigenvalue weighted by Gasteiger charge is 2.26. The molecule has 0 spiro atoms. The number of rotatable bonds is 1. The van der Waals surface area contributed by atoms with Crippen LogP contribution in [0.4, 0.5) is 0 Å². The van der Waals surface area contributed by atoms with Crippen LogP contribution in [0, 0.1) is 0 Å². The normalized spacial score (nSPS) is 13.7. The van der Waals surface area contributed by atoms with E-state index < -0.39 is 0 Å². The molecule has 84 valence electrons. The van der Waals surface area contributed by atoms with Gasteiger partial charge in [-0.3, -0.25) is 14.9 Å². The summed E-state index contributed by atoms with van der Waals surface area (Å²) in [5.74, 6) is 0.0552. The minimum absolute atomic E-state index is 0.331. The van der Waals surface area contributed by atoms with Gasteiger partial charge in [-0.25, -0.2) is 0 Å². The summed E-state index contributed by atoms with van der Waals surface area (Å²) in [5.41, 5.74) is 0.864. The molecular formula is C13H9NO3. The van der Waals surface area contributed by atoms with E-state index >= 15 is 0 Å². The van der Waals surface area contributed by atoms with E-state index in [1.165, 1.54) is 0 Å². The van der Waals surface area contributed by atoms with Crippen LogP contribution in [0.25, 0.3) is 10.8 Å². The van der Waals surface area contributed by atoms with Crippen molar-refractivity contribution in [2.45, 2.75) is 0 Å². The van der Waals surface area contributed by atoms with Crippen LogP contribution in [0.15, 0.2) is 30.3 Å². The molecule has 1 heterocycles. The number of ether oxygens (including phenoxy) is 1. The molecule has 0 fully saturated rings. The highest BCUT2D eigenvalue weighted by Crippen LogP contribution is 2.26. The van der Waals surface area contributed by atoms with Crippen LogP contribution in [-0.2, 0) is 0 Å². The predicted octanol–water partition coefficient (Wildman–Crippen LogP) is 1.73. The molecule has 17 heavy (non-hydrogen) atoms. The van der Waals surface area contributed by atoms with Gasteiger partial charge in [-0.2, -0.15) is 0 Å². The molecule has 0 unspecified atom stereocenters. The van der Waals surface area contributed by atoms with Crippen LogP contribution in [0.2, 0.25) is 0 Å². The molecule has 0 bridgehead atoms. The minimum atomic E-state index is -0.338. The molecule has 0 saturated heterocycles. The van der Waals surface area contributed by atoms with Gasteiger partial charge in [0, 0.05) is 0 Å². The SMILES string of the molecule is COc1ccc2cc3c(cc2c1)C(=O)NC3=O. The number of nitrogens with one attached hydrogen (secondary N) is 1. The van der Waals surface area contributed by atoms with Crippen molar-refractivity contribution in [1.29, 1.82) is 0 Å². The van der Waals surface area contributed by atoms with Crippen molar-refractivity contribution in [1.82, 2.24) is 5.32 Å². The highest BCUT2D eigenvalue weighted by atomic mass is 16.5. The van der Waals surface area contributed by atoms with Gasteiger partial charge in [0.2, 0.25) is 0 Å². The number of imide groups is 1. The Morgan fingerprint density at radius 1 is 0.941 bits per heavy atom. The first-order chi connectivity index (χ1) is 8.19. The molecule has 0 atom stereocenters. The van der Waals surface area contributed by atoms with E-state index in [2.05, 4.69) is 5.32 Å². The first-order valence-corrected chi connectivity index (χ1v) is 5.16. The van der Waals surface area contributed by atoms with E-state index in [0.29, 0.717) is 11.1 Å². The largest absolute Gasteiger partial charge is 0.497 e. The molecule has 2 aromatic carbocycles. The van der Waals surface area contributed by atoms with Crippen LogP contribution < -0.4 is 10.1 Å². The topological polar surface area (TPSA) is 55.4 Å². The Labute approximate surface area is 97.2 Å². The summed E-state index contributed by atoms with van der Waals surface area (Å²) in [6, 6.07) is 8.97. The van der Waals surface area contributed by atoms with E-state index in [1.54, 1.807) is 19.2 Å². The lowest BCUT2D eigenvalue weighted by atomic mass is 10.0. The van der Waals surface area contributed by atoms with Crippen molar-refractivity contribution in [3.8, 4) is 5.75 Å². The molecule has 1 N–H and O–H groups in total.